The number of benzene rings is 1. The van der Waals surface area contributed by atoms with E-state index in [0.29, 0.717) is 37.0 Å². The second kappa shape index (κ2) is 5.97. The van der Waals surface area contributed by atoms with Crippen LogP contribution in [0.2, 0.25) is 0 Å². The first kappa shape index (κ1) is 16.8. The van der Waals surface area contributed by atoms with Gasteiger partial charge in [0.2, 0.25) is 0 Å². The summed E-state index contributed by atoms with van der Waals surface area (Å²) in [6.45, 7) is 5.83. The van der Waals surface area contributed by atoms with Crippen LogP contribution in [0.4, 0.5) is 15.9 Å². The molecule has 136 valence electrons. The molecule has 2 aromatic rings. The highest BCUT2D eigenvalue weighted by Crippen LogP contribution is 2.46. The van der Waals surface area contributed by atoms with E-state index in [2.05, 4.69) is 9.88 Å². The molecule has 1 saturated carbocycles. The fraction of sp³-hybridized carbons (Fsp3) is 0.400. The summed E-state index contributed by atoms with van der Waals surface area (Å²) in [6, 6.07) is 7.28. The standard InChI is InChI=1S/C20H24FN5/c1-13-10-15(21)19(24-11-13)25-8-9-26(20(12-25)6-7-20)18(23)17-14(2)4-3-5-16(17)22/h3-5,10-11,23H,6-9,12,22H2,1-2H3. The Morgan fingerprint density at radius 1 is 1.27 bits per heavy atom. The van der Waals surface area contributed by atoms with Gasteiger partial charge in [0, 0.05) is 37.1 Å². The molecule has 26 heavy (non-hydrogen) atoms. The zero-order chi connectivity index (χ0) is 18.5. The Bertz CT molecular complexity index is 854. The Morgan fingerprint density at radius 3 is 2.69 bits per heavy atom. The van der Waals surface area contributed by atoms with Crippen LogP contribution in [0.1, 0.15) is 29.5 Å². The number of pyridine rings is 1. The van der Waals surface area contributed by atoms with Crippen molar-refractivity contribution < 1.29 is 4.39 Å². The minimum atomic E-state index is -0.271. The highest BCUT2D eigenvalue weighted by molar-refractivity contribution is 6.03. The number of aromatic nitrogens is 1. The Kier molecular flexibility index (Phi) is 3.86. The number of nitrogen functional groups attached to an aromatic ring is 1. The molecule has 0 unspecified atom stereocenters. The first-order valence-electron chi connectivity index (χ1n) is 9.00. The molecule has 1 aliphatic carbocycles. The average Bonchev–Trinajstić information content (AvgIpc) is 3.34. The molecule has 5 nitrogen and oxygen atoms in total. The predicted octanol–water partition coefficient (Wildman–Crippen LogP) is 3.10. The van der Waals surface area contributed by atoms with Crippen molar-refractivity contribution in [2.75, 3.05) is 30.3 Å². The van der Waals surface area contributed by atoms with Gasteiger partial charge in [0.15, 0.2) is 11.6 Å². The maximum atomic E-state index is 14.4. The fourth-order valence-electron chi connectivity index (χ4n) is 3.99. The van der Waals surface area contributed by atoms with Crippen molar-refractivity contribution in [3.8, 4) is 0 Å². The van der Waals surface area contributed by atoms with E-state index in [1.54, 1.807) is 6.20 Å². The van der Waals surface area contributed by atoms with E-state index in [1.807, 2.05) is 36.9 Å². The predicted molar refractivity (Wildman–Crippen MR) is 102 cm³/mol. The Morgan fingerprint density at radius 2 is 2.04 bits per heavy atom. The van der Waals surface area contributed by atoms with Crippen molar-refractivity contribution in [3.05, 3.63) is 53.0 Å². The van der Waals surface area contributed by atoms with E-state index in [-0.39, 0.29) is 11.4 Å². The van der Waals surface area contributed by atoms with Crippen molar-refractivity contribution in [2.24, 2.45) is 0 Å². The van der Waals surface area contributed by atoms with Crippen LogP contribution in [-0.4, -0.2) is 40.9 Å². The lowest BCUT2D eigenvalue weighted by Gasteiger charge is -2.44. The molecule has 0 atom stereocenters. The molecule has 1 saturated heterocycles. The number of hydrogen-bond donors (Lipinski definition) is 2. The van der Waals surface area contributed by atoms with Crippen LogP contribution in [-0.2, 0) is 0 Å². The number of anilines is 2. The molecule has 3 N–H and O–H groups in total. The van der Waals surface area contributed by atoms with Gasteiger partial charge in [-0.3, -0.25) is 5.41 Å². The monoisotopic (exact) mass is 353 g/mol. The van der Waals surface area contributed by atoms with Gasteiger partial charge >= 0.3 is 0 Å². The van der Waals surface area contributed by atoms with Crippen LogP contribution in [0.3, 0.4) is 0 Å². The first-order chi connectivity index (χ1) is 12.4. The SMILES string of the molecule is Cc1cnc(N2CCN(C(=N)c3c(C)cccc3N)C3(CC3)C2)c(F)c1. The quantitative estimate of drug-likeness (QED) is 0.494. The largest absolute Gasteiger partial charge is 0.398 e. The third kappa shape index (κ3) is 2.69. The van der Waals surface area contributed by atoms with Crippen molar-refractivity contribution in [2.45, 2.75) is 32.2 Å². The first-order valence-corrected chi connectivity index (χ1v) is 9.00. The molecular weight excluding hydrogens is 329 g/mol. The second-order valence-electron chi connectivity index (χ2n) is 7.50. The molecule has 1 aliphatic heterocycles. The summed E-state index contributed by atoms with van der Waals surface area (Å²) in [4.78, 5) is 8.49. The zero-order valence-corrected chi connectivity index (χ0v) is 15.2. The molecule has 1 aromatic heterocycles. The molecule has 1 aromatic carbocycles. The van der Waals surface area contributed by atoms with Crippen LogP contribution in [0.15, 0.2) is 30.5 Å². The van der Waals surface area contributed by atoms with Gasteiger partial charge in [0.05, 0.1) is 5.54 Å². The lowest BCUT2D eigenvalue weighted by Crippen LogP contribution is -2.57. The zero-order valence-electron chi connectivity index (χ0n) is 15.2. The highest BCUT2D eigenvalue weighted by atomic mass is 19.1. The molecule has 0 bridgehead atoms. The summed E-state index contributed by atoms with van der Waals surface area (Å²) in [7, 11) is 0. The minimum Gasteiger partial charge on any atom is -0.398 e. The number of aryl methyl sites for hydroxylation is 2. The van der Waals surface area contributed by atoms with Gasteiger partial charge in [-0.1, -0.05) is 12.1 Å². The van der Waals surface area contributed by atoms with Crippen LogP contribution < -0.4 is 10.6 Å². The number of hydrogen-bond acceptors (Lipinski definition) is 4. The lowest BCUT2D eigenvalue weighted by atomic mass is 10.0. The van der Waals surface area contributed by atoms with Gasteiger partial charge in [-0.05, 0) is 49.9 Å². The maximum Gasteiger partial charge on any atom is 0.165 e. The van der Waals surface area contributed by atoms with Gasteiger partial charge in [-0.25, -0.2) is 9.37 Å². The molecule has 6 heteroatoms. The van der Waals surface area contributed by atoms with Crippen LogP contribution in [0.5, 0.6) is 0 Å². The Hall–Kier alpha value is -2.63. The molecule has 1 spiro atoms. The van der Waals surface area contributed by atoms with E-state index in [9.17, 15) is 4.39 Å². The molecule has 0 radical (unpaired) electrons. The summed E-state index contributed by atoms with van der Waals surface area (Å²) >= 11 is 0. The van der Waals surface area contributed by atoms with E-state index in [0.717, 1.165) is 29.5 Å². The third-order valence-electron chi connectivity index (χ3n) is 5.55. The van der Waals surface area contributed by atoms with Gasteiger partial charge < -0.3 is 15.5 Å². The lowest BCUT2D eigenvalue weighted by molar-refractivity contribution is 0.257. The van der Waals surface area contributed by atoms with Crippen molar-refractivity contribution in [1.82, 2.24) is 9.88 Å². The second-order valence-corrected chi connectivity index (χ2v) is 7.50. The minimum absolute atomic E-state index is 0.108. The van der Waals surface area contributed by atoms with Gasteiger partial charge in [-0.15, -0.1) is 0 Å². The number of nitrogens with one attached hydrogen (secondary N) is 1. The summed E-state index contributed by atoms with van der Waals surface area (Å²) in [5, 5.41) is 8.78. The van der Waals surface area contributed by atoms with E-state index >= 15 is 0 Å². The summed E-state index contributed by atoms with van der Waals surface area (Å²) in [6.07, 6.45) is 3.72. The number of nitrogens with zero attached hydrogens (tertiary/aromatic N) is 3. The van der Waals surface area contributed by atoms with Crippen molar-refractivity contribution in [3.63, 3.8) is 0 Å². The van der Waals surface area contributed by atoms with Gasteiger partial charge in [0.25, 0.3) is 0 Å². The normalized spacial score (nSPS) is 18.3. The Balaban J connectivity index is 1.60. The average molecular weight is 353 g/mol. The van der Waals surface area contributed by atoms with Crippen molar-refractivity contribution >= 4 is 17.3 Å². The Labute approximate surface area is 153 Å². The number of nitrogens with two attached hydrogens (primary N) is 1. The molecule has 0 amide bonds. The van der Waals surface area contributed by atoms with E-state index < -0.39 is 0 Å². The third-order valence-corrected chi connectivity index (χ3v) is 5.55. The molecule has 2 heterocycles. The highest BCUT2D eigenvalue weighted by Gasteiger charge is 2.53. The van der Waals surface area contributed by atoms with E-state index in [4.69, 9.17) is 11.1 Å². The summed E-state index contributed by atoms with van der Waals surface area (Å²) < 4.78 is 14.4. The molecule has 2 fully saturated rings. The maximum absolute atomic E-state index is 14.4. The van der Waals surface area contributed by atoms with Crippen LogP contribution in [0.25, 0.3) is 0 Å². The molecular formula is C20H24FN5. The molecule has 2 aliphatic rings. The smallest absolute Gasteiger partial charge is 0.165 e. The number of amidine groups is 1. The fourth-order valence-corrected chi connectivity index (χ4v) is 3.99. The van der Waals surface area contributed by atoms with Crippen LogP contribution in [0, 0.1) is 25.1 Å². The van der Waals surface area contributed by atoms with Gasteiger partial charge in [-0.2, -0.15) is 0 Å². The van der Waals surface area contributed by atoms with Crippen molar-refractivity contribution in [1.29, 1.82) is 5.41 Å². The number of halogens is 1. The van der Waals surface area contributed by atoms with E-state index in [1.165, 1.54) is 6.07 Å². The summed E-state index contributed by atoms with van der Waals surface area (Å²) in [5.74, 6) is 0.631. The van der Waals surface area contributed by atoms with Crippen LogP contribution >= 0.6 is 0 Å². The van der Waals surface area contributed by atoms with Gasteiger partial charge in [0.1, 0.15) is 5.84 Å². The number of piperazine rings is 1. The number of rotatable bonds is 2. The molecule has 4 rings (SSSR count). The topological polar surface area (TPSA) is 69.2 Å². The summed E-state index contributed by atoms with van der Waals surface area (Å²) in [5.41, 5.74) is 9.33.